The summed E-state index contributed by atoms with van der Waals surface area (Å²) in [5.74, 6) is 0. The third-order valence-corrected chi connectivity index (χ3v) is 4.72. The van der Waals surface area contributed by atoms with E-state index in [1.54, 1.807) is 4.90 Å². The van der Waals surface area contributed by atoms with Gasteiger partial charge in [-0.15, -0.1) is 0 Å². The van der Waals surface area contributed by atoms with Crippen molar-refractivity contribution in [3.63, 3.8) is 0 Å². The Bertz CT molecular complexity index is 617. The van der Waals surface area contributed by atoms with Gasteiger partial charge >= 0.3 is 12.1 Å². The Hall–Kier alpha value is -2.32. The van der Waals surface area contributed by atoms with Gasteiger partial charge in [-0.05, 0) is 37.1 Å². The van der Waals surface area contributed by atoms with Gasteiger partial charge in [0.15, 0.2) is 0 Å². The summed E-state index contributed by atoms with van der Waals surface area (Å²) in [7, 11) is 0. The molecule has 3 amide bonds. The molecule has 0 spiro atoms. The van der Waals surface area contributed by atoms with Crippen molar-refractivity contribution in [3.05, 3.63) is 29.8 Å². The minimum Gasteiger partial charge on any atom is -0.448 e. The van der Waals surface area contributed by atoms with Gasteiger partial charge in [-0.3, -0.25) is 4.90 Å². The first kappa shape index (κ1) is 19.4. The van der Waals surface area contributed by atoms with Crippen LogP contribution in [0.1, 0.15) is 18.4 Å². The second-order valence-electron chi connectivity index (χ2n) is 6.77. The molecule has 1 aromatic carbocycles. The van der Waals surface area contributed by atoms with Gasteiger partial charge in [0.05, 0.1) is 19.8 Å². The molecule has 27 heavy (non-hydrogen) atoms. The summed E-state index contributed by atoms with van der Waals surface area (Å²) in [6, 6.07) is 7.30. The Morgan fingerprint density at radius 1 is 1.04 bits per heavy atom. The molecule has 1 aromatic rings. The zero-order valence-electron chi connectivity index (χ0n) is 15.6. The van der Waals surface area contributed by atoms with Crippen LogP contribution in [0.25, 0.3) is 0 Å². The number of unbranched alkanes of at least 4 members (excludes halogenated alkanes) is 1. The van der Waals surface area contributed by atoms with E-state index in [9.17, 15) is 9.59 Å². The van der Waals surface area contributed by atoms with Gasteiger partial charge in [0.1, 0.15) is 6.61 Å². The van der Waals surface area contributed by atoms with Crippen molar-refractivity contribution in [2.45, 2.75) is 19.4 Å². The summed E-state index contributed by atoms with van der Waals surface area (Å²) in [4.78, 5) is 27.5. The highest BCUT2D eigenvalue weighted by atomic mass is 16.6. The first-order valence-corrected chi connectivity index (χ1v) is 9.56. The Labute approximate surface area is 159 Å². The monoisotopic (exact) mass is 376 g/mol. The number of ether oxygens (including phenoxy) is 2. The van der Waals surface area contributed by atoms with Crippen molar-refractivity contribution < 1.29 is 19.1 Å². The maximum absolute atomic E-state index is 12.0. The van der Waals surface area contributed by atoms with Crippen molar-refractivity contribution in [1.82, 2.24) is 15.1 Å². The van der Waals surface area contributed by atoms with Crippen LogP contribution in [0.2, 0.25) is 0 Å². The molecule has 148 valence electrons. The summed E-state index contributed by atoms with van der Waals surface area (Å²) in [5, 5.41) is 5.71. The number of nitrogens with zero attached hydrogens (tertiary/aromatic N) is 2. The predicted octanol–water partition coefficient (Wildman–Crippen LogP) is 1.87. The molecule has 8 heteroatoms. The molecule has 2 N–H and O–H groups in total. The highest BCUT2D eigenvalue weighted by Crippen LogP contribution is 2.14. The molecule has 0 radical (unpaired) electrons. The van der Waals surface area contributed by atoms with E-state index in [1.807, 2.05) is 24.3 Å². The standard InChI is InChI=1S/C19H28N4O4/c24-18(20-7-1-2-8-22-9-12-26-13-10-22)21-17-5-3-16(4-6-17)15-23-11-14-27-19(23)25/h3-6H,1-2,7-15H2,(H2,20,21,24). The number of anilines is 1. The number of nitrogens with one attached hydrogen (secondary N) is 2. The fourth-order valence-electron chi connectivity index (χ4n) is 3.15. The molecule has 0 aromatic heterocycles. The lowest BCUT2D eigenvalue weighted by Gasteiger charge is -2.26. The number of carbonyl (C=O) groups excluding carboxylic acids is 2. The number of carbonyl (C=O) groups is 2. The van der Waals surface area contributed by atoms with Crippen LogP contribution < -0.4 is 10.6 Å². The number of hydrogen-bond donors (Lipinski definition) is 2. The lowest BCUT2D eigenvalue weighted by Crippen LogP contribution is -2.37. The quantitative estimate of drug-likeness (QED) is 0.677. The van der Waals surface area contributed by atoms with E-state index in [-0.39, 0.29) is 12.1 Å². The third-order valence-electron chi connectivity index (χ3n) is 4.72. The van der Waals surface area contributed by atoms with Crippen LogP contribution in [0.4, 0.5) is 15.3 Å². The Morgan fingerprint density at radius 3 is 2.52 bits per heavy atom. The molecular formula is C19H28N4O4. The van der Waals surface area contributed by atoms with E-state index in [2.05, 4.69) is 15.5 Å². The lowest BCUT2D eigenvalue weighted by atomic mass is 10.2. The SMILES string of the molecule is O=C(NCCCCN1CCOCC1)Nc1ccc(CN2CCOC2=O)cc1. The summed E-state index contributed by atoms with van der Waals surface area (Å²) < 4.78 is 10.2. The zero-order valence-corrected chi connectivity index (χ0v) is 15.6. The van der Waals surface area contributed by atoms with Crippen molar-refractivity contribution in [2.75, 3.05) is 57.9 Å². The van der Waals surface area contributed by atoms with Gasteiger partial charge in [0, 0.05) is 31.9 Å². The molecule has 0 saturated carbocycles. The summed E-state index contributed by atoms with van der Waals surface area (Å²) >= 11 is 0. The second-order valence-corrected chi connectivity index (χ2v) is 6.77. The summed E-state index contributed by atoms with van der Waals surface area (Å²) in [5.41, 5.74) is 1.73. The average Bonchev–Trinajstić information content (AvgIpc) is 3.08. The van der Waals surface area contributed by atoms with E-state index in [1.165, 1.54) is 0 Å². The molecule has 3 rings (SSSR count). The lowest BCUT2D eigenvalue weighted by molar-refractivity contribution is 0.0372. The molecule has 2 saturated heterocycles. The highest BCUT2D eigenvalue weighted by Gasteiger charge is 2.21. The molecule has 2 aliphatic heterocycles. The average molecular weight is 376 g/mol. The van der Waals surface area contributed by atoms with Crippen LogP contribution in [0.15, 0.2) is 24.3 Å². The Balaban J connectivity index is 1.30. The normalized spacial score (nSPS) is 17.6. The molecule has 0 unspecified atom stereocenters. The zero-order chi connectivity index (χ0) is 18.9. The van der Waals surface area contributed by atoms with Gasteiger partial charge in [-0.2, -0.15) is 0 Å². The number of urea groups is 1. The number of cyclic esters (lactones) is 1. The third kappa shape index (κ3) is 6.41. The Kier molecular flexibility index (Phi) is 7.29. The number of rotatable bonds is 8. The molecule has 2 fully saturated rings. The highest BCUT2D eigenvalue weighted by molar-refractivity contribution is 5.89. The maximum atomic E-state index is 12.0. The van der Waals surface area contributed by atoms with Crippen molar-refractivity contribution in [3.8, 4) is 0 Å². The first-order valence-electron chi connectivity index (χ1n) is 9.56. The van der Waals surface area contributed by atoms with Gasteiger partial charge in [-0.25, -0.2) is 9.59 Å². The molecule has 0 aliphatic carbocycles. The molecule has 2 heterocycles. The molecular weight excluding hydrogens is 348 g/mol. The molecule has 2 aliphatic rings. The number of morpholine rings is 1. The van der Waals surface area contributed by atoms with E-state index in [4.69, 9.17) is 9.47 Å². The fourth-order valence-corrected chi connectivity index (χ4v) is 3.15. The van der Waals surface area contributed by atoms with Crippen LogP contribution in [0, 0.1) is 0 Å². The number of benzene rings is 1. The van der Waals surface area contributed by atoms with E-state index >= 15 is 0 Å². The predicted molar refractivity (Wildman–Crippen MR) is 102 cm³/mol. The van der Waals surface area contributed by atoms with Crippen molar-refractivity contribution in [2.24, 2.45) is 0 Å². The van der Waals surface area contributed by atoms with Crippen LogP contribution >= 0.6 is 0 Å². The topological polar surface area (TPSA) is 83.1 Å². The summed E-state index contributed by atoms with van der Waals surface area (Å²) in [6.45, 7) is 6.95. The smallest absolute Gasteiger partial charge is 0.410 e. The number of hydrogen-bond acceptors (Lipinski definition) is 5. The van der Waals surface area contributed by atoms with Crippen molar-refractivity contribution >= 4 is 17.8 Å². The second kappa shape index (κ2) is 10.1. The minimum absolute atomic E-state index is 0.197. The van der Waals surface area contributed by atoms with E-state index < -0.39 is 0 Å². The molecule has 8 nitrogen and oxygen atoms in total. The molecule has 0 atom stereocenters. The minimum atomic E-state index is -0.273. The van der Waals surface area contributed by atoms with Crippen LogP contribution in [0.3, 0.4) is 0 Å². The van der Waals surface area contributed by atoms with Gasteiger partial charge in [0.2, 0.25) is 0 Å². The van der Waals surface area contributed by atoms with Crippen molar-refractivity contribution in [1.29, 1.82) is 0 Å². The largest absolute Gasteiger partial charge is 0.448 e. The van der Waals surface area contributed by atoms with Gasteiger partial charge < -0.3 is 25.0 Å². The molecule has 0 bridgehead atoms. The number of amides is 3. The van der Waals surface area contributed by atoms with Crippen LogP contribution in [-0.4, -0.2) is 74.5 Å². The fraction of sp³-hybridized carbons (Fsp3) is 0.579. The Morgan fingerprint density at radius 2 is 1.81 bits per heavy atom. The van der Waals surface area contributed by atoms with E-state index in [0.29, 0.717) is 26.2 Å². The van der Waals surface area contributed by atoms with Gasteiger partial charge in [-0.1, -0.05) is 12.1 Å². The maximum Gasteiger partial charge on any atom is 0.410 e. The van der Waals surface area contributed by atoms with E-state index in [0.717, 1.165) is 56.9 Å². The summed E-state index contributed by atoms with van der Waals surface area (Å²) in [6.07, 6.45) is 1.74. The van der Waals surface area contributed by atoms with Gasteiger partial charge in [0.25, 0.3) is 0 Å². The van der Waals surface area contributed by atoms with Crippen LogP contribution in [0.5, 0.6) is 0 Å². The van der Waals surface area contributed by atoms with Crippen LogP contribution in [-0.2, 0) is 16.0 Å². The first-order chi connectivity index (χ1) is 13.2.